The average Bonchev–Trinajstić information content (AvgIpc) is 2.58. The summed E-state index contributed by atoms with van der Waals surface area (Å²) in [5.74, 6) is 5.65. The highest BCUT2D eigenvalue weighted by molar-refractivity contribution is 5.67. The van der Waals surface area contributed by atoms with E-state index in [-0.39, 0.29) is 19.8 Å². The zero-order valence-corrected chi connectivity index (χ0v) is 12.0. The molecule has 5 nitrogen and oxygen atoms in total. The highest BCUT2D eigenvalue weighted by Crippen LogP contribution is 2.01. The first kappa shape index (κ1) is 15.5. The standard InChI is InChI=1S/C17H16N2O3/c20-12-16-9-15(10-18-11-16)7-4-8-19-17(21)22-13-14-5-2-1-3-6-14/h1-3,5-6,9-11,20H,8,12-13H2,(H,19,21). The third kappa shape index (κ3) is 5.27. The third-order valence-corrected chi connectivity index (χ3v) is 2.74. The molecule has 5 heteroatoms. The van der Waals surface area contributed by atoms with Crippen molar-refractivity contribution >= 4 is 6.09 Å². The molecule has 0 atom stereocenters. The summed E-state index contributed by atoms with van der Waals surface area (Å²) in [6, 6.07) is 11.2. The van der Waals surface area contributed by atoms with E-state index in [2.05, 4.69) is 22.1 Å². The minimum Gasteiger partial charge on any atom is -0.445 e. The van der Waals surface area contributed by atoms with Gasteiger partial charge in [0.25, 0.3) is 0 Å². The molecule has 1 heterocycles. The number of ether oxygens (including phenoxy) is 1. The van der Waals surface area contributed by atoms with Crippen LogP contribution in [0.25, 0.3) is 0 Å². The Morgan fingerprint density at radius 2 is 2.05 bits per heavy atom. The summed E-state index contributed by atoms with van der Waals surface area (Å²) in [6.07, 6.45) is 2.66. The lowest BCUT2D eigenvalue weighted by Crippen LogP contribution is -2.24. The SMILES string of the molecule is O=C(NCC#Cc1cncc(CO)c1)OCc1ccccc1. The van der Waals surface area contributed by atoms with Crippen molar-refractivity contribution < 1.29 is 14.6 Å². The number of alkyl carbamates (subject to hydrolysis) is 1. The van der Waals surface area contributed by atoms with Gasteiger partial charge in [0.2, 0.25) is 0 Å². The number of benzene rings is 1. The number of aliphatic hydroxyl groups excluding tert-OH is 1. The molecule has 1 aromatic carbocycles. The van der Waals surface area contributed by atoms with Gasteiger partial charge in [-0.05, 0) is 17.2 Å². The number of rotatable bonds is 4. The van der Waals surface area contributed by atoms with Crippen LogP contribution in [0, 0.1) is 11.8 Å². The lowest BCUT2D eigenvalue weighted by molar-refractivity contribution is 0.141. The van der Waals surface area contributed by atoms with Crippen molar-refractivity contribution in [1.29, 1.82) is 0 Å². The van der Waals surface area contributed by atoms with Crippen molar-refractivity contribution in [3.63, 3.8) is 0 Å². The Morgan fingerprint density at radius 3 is 2.82 bits per heavy atom. The maximum Gasteiger partial charge on any atom is 0.408 e. The van der Waals surface area contributed by atoms with Gasteiger partial charge in [0, 0.05) is 18.0 Å². The van der Waals surface area contributed by atoms with Gasteiger partial charge in [-0.15, -0.1) is 0 Å². The minimum absolute atomic E-state index is 0.0768. The van der Waals surface area contributed by atoms with Crippen molar-refractivity contribution in [2.45, 2.75) is 13.2 Å². The number of carbonyl (C=O) groups excluding carboxylic acids is 1. The second-order valence-corrected chi connectivity index (χ2v) is 4.46. The van der Waals surface area contributed by atoms with Crippen molar-refractivity contribution in [3.05, 3.63) is 65.5 Å². The zero-order chi connectivity index (χ0) is 15.6. The summed E-state index contributed by atoms with van der Waals surface area (Å²) in [4.78, 5) is 15.4. The van der Waals surface area contributed by atoms with Crippen LogP contribution in [0.3, 0.4) is 0 Å². The molecule has 0 unspecified atom stereocenters. The van der Waals surface area contributed by atoms with Crippen molar-refractivity contribution in [3.8, 4) is 11.8 Å². The highest BCUT2D eigenvalue weighted by atomic mass is 16.5. The molecule has 2 aromatic rings. The summed E-state index contributed by atoms with van der Waals surface area (Å²) in [7, 11) is 0. The number of hydrogen-bond acceptors (Lipinski definition) is 4. The minimum atomic E-state index is -0.514. The van der Waals surface area contributed by atoms with Crippen LogP contribution in [0.1, 0.15) is 16.7 Å². The smallest absolute Gasteiger partial charge is 0.408 e. The molecule has 1 amide bonds. The largest absolute Gasteiger partial charge is 0.445 e. The Morgan fingerprint density at radius 1 is 1.23 bits per heavy atom. The highest BCUT2D eigenvalue weighted by Gasteiger charge is 2.00. The fraction of sp³-hybridized carbons (Fsp3) is 0.176. The Kier molecular flexibility index (Phi) is 5.97. The third-order valence-electron chi connectivity index (χ3n) is 2.74. The number of nitrogens with zero attached hydrogens (tertiary/aromatic N) is 1. The molecule has 0 bridgehead atoms. The van der Waals surface area contributed by atoms with Crippen LogP contribution in [-0.4, -0.2) is 22.7 Å². The Hall–Kier alpha value is -2.84. The van der Waals surface area contributed by atoms with Gasteiger partial charge in [-0.25, -0.2) is 4.79 Å². The molecule has 2 rings (SSSR count). The zero-order valence-electron chi connectivity index (χ0n) is 12.0. The molecular weight excluding hydrogens is 280 g/mol. The Balaban J connectivity index is 1.74. The van der Waals surface area contributed by atoms with Crippen LogP contribution < -0.4 is 5.32 Å². The van der Waals surface area contributed by atoms with Crippen LogP contribution in [-0.2, 0) is 18.0 Å². The fourth-order valence-electron chi connectivity index (χ4n) is 1.68. The van der Waals surface area contributed by atoms with Gasteiger partial charge in [-0.2, -0.15) is 0 Å². The average molecular weight is 296 g/mol. The lowest BCUT2D eigenvalue weighted by atomic mass is 10.2. The first-order chi connectivity index (χ1) is 10.8. The summed E-state index contributed by atoms with van der Waals surface area (Å²) >= 11 is 0. The first-order valence-electron chi connectivity index (χ1n) is 6.76. The van der Waals surface area contributed by atoms with Gasteiger partial charge >= 0.3 is 6.09 Å². The molecule has 0 aliphatic rings. The first-order valence-corrected chi connectivity index (χ1v) is 6.76. The van der Waals surface area contributed by atoms with Gasteiger partial charge in [0.05, 0.1) is 13.2 Å². The van der Waals surface area contributed by atoms with Gasteiger partial charge in [-0.1, -0.05) is 42.2 Å². The second kappa shape index (κ2) is 8.45. The molecule has 0 aliphatic heterocycles. The molecule has 1 aromatic heterocycles. The molecule has 0 radical (unpaired) electrons. The Labute approximate surface area is 129 Å². The van der Waals surface area contributed by atoms with E-state index in [4.69, 9.17) is 9.84 Å². The predicted molar refractivity (Wildman–Crippen MR) is 81.7 cm³/mol. The molecule has 0 saturated heterocycles. The van der Waals surface area contributed by atoms with Gasteiger partial charge < -0.3 is 15.2 Å². The molecule has 2 N–H and O–H groups in total. The number of carbonyl (C=O) groups is 1. The van der Waals surface area contributed by atoms with E-state index in [0.29, 0.717) is 11.1 Å². The Bertz CT molecular complexity index is 675. The number of hydrogen-bond donors (Lipinski definition) is 2. The van der Waals surface area contributed by atoms with E-state index < -0.39 is 6.09 Å². The molecule has 112 valence electrons. The van der Waals surface area contributed by atoms with Crippen molar-refractivity contribution in [2.75, 3.05) is 6.54 Å². The van der Waals surface area contributed by atoms with Crippen LogP contribution >= 0.6 is 0 Å². The summed E-state index contributed by atoms with van der Waals surface area (Å²) in [5.41, 5.74) is 2.31. The number of amides is 1. The van der Waals surface area contributed by atoms with Crippen molar-refractivity contribution in [1.82, 2.24) is 10.3 Å². The van der Waals surface area contributed by atoms with Crippen LogP contribution in [0.15, 0.2) is 48.8 Å². The van der Waals surface area contributed by atoms with Gasteiger partial charge in [-0.3, -0.25) is 4.98 Å². The lowest BCUT2D eigenvalue weighted by Gasteiger charge is -2.04. The van der Waals surface area contributed by atoms with Crippen LogP contribution in [0.5, 0.6) is 0 Å². The summed E-state index contributed by atoms with van der Waals surface area (Å²) in [6.45, 7) is 0.326. The number of aliphatic hydroxyl groups is 1. The van der Waals surface area contributed by atoms with Gasteiger partial charge in [0.1, 0.15) is 6.61 Å². The number of pyridine rings is 1. The van der Waals surface area contributed by atoms with Gasteiger partial charge in [0.15, 0.2) is 0 Å². The number of aromatic nitrogens is 1. The van der Waals surface area contributed by atoms with E-state index >= 15 is 0 Å². The predicted octanol–water partition coefficient (Wildman–Crippen LogP) is 1.85. The molecular formula is C17H16N2O3. The fourth-order valence-corrected chi connectivity index (χ4v) is 1.68. The molecule has 0 saturated carbocycles. The number of nitrogens with one attached hydrogen (secondary N) is 1. The summed E-state index contributed by atoms with van der Waals surface area (Å²) < 4.78 is 5.05. The molecule has 22 heavy (non-hydrogen) atoms. The maximum absolute atomic E-state index is 11.5. The summed E-state index contributed by atoms with van der Waals surface area (Å²) in [5, 5.41) is 11.5. The monoisotopic (exact) mass is 296 g/mol. The van der Waals surface area contributed by atoms with E-state index in [1.54, 1.807) is 18.5 Å². The normalized spacial score (nSPS) is 9.50. The van der Waals surface area contributed by atoms with E-state index in [1.807, 2.05) is 30.3 Å². The van der Waals surface area contributed by atoms with Crippen LogP contribution in [0.4, 0.5) is 4.79 Å². The molecule has 0 spiro atoms. The second-order valence-electron chi connectivity index (χ2n) is 4.46. The van der Waals surface area contributed by atoms with E-state index in [1.165, 1.54) is 0 Å². The van der Waals surface area contributed by atoms with Crippen molar-refractivity contribution in [2.24, 2.45) is 0 Å². The van der Waals surface area contributed by atoms with Crippen LogP contribution in [0.2, 0.25) is 0 Å². The topological polar surface area (TPSA) is 71.5 Å². The maximum atomic E-state index is 11.5. The van der Waals surface area contributed by atoms with E-state index in [0.717, 1.165) is 5.56 Å². The quantitative estimate of drug-likeness (QED) is 0.845. The van der Waals surface area contributed by atoms with E-state index in [9.17, 15) is 4.79 Å². The molecule has 0 aliphatic carbocycles. The molecule has 0 fully saturated rings.